The van der Waals surface area contributed by atoms with Crippen molar-refractivity contribution in [1.29, 1.82) is 0 Å². The number of sulfonamides is 1. The molecule has 0 radical (unpaired) electrons. The Morgan fingerprint density at radius 2 is 1.74 bits per heavy atom. The smallest absolute Gasteiger partial charge is 0.242 e. The molecule has 1 heterocycles. The summed E-state index contributed by atoms with van der Waals surface area (Å²) in [5.41, 5.74) is 1.91. The third kappa shape index (κ3) is 5.46. The molecule has 3 aromatic carbocycles. The molecule has 3 N–H and O–H groups in total. The van der Waals surface area contributed by atoms with Crippen molar-refractivity contribution in [3.05, 3.63) is 89.5 Å². The monoisotopic (exact) mass is 485 g/mol. The number of aryl methyl sites for hydroxylation is 1. The molecule has 0 bridgehead atoms. The first kappa shape index (κ1) is 23.5. The summed E-state index contributed by atoms with van der Waals surface area (Å²) >= 11 is 0. The van der Waals surface area contributed by atoms with Crippen molar-refractivity contribution >= 4 is 33.2 Å². The van der Waals surface area contributed by atoms with Crippen LogP contribution in [0.2, 0.25) is 0 Å². The van der Waals surface area contributed by atoms with Crippen LogP contribution in [0.15, 0.2) is 71.6 Å². The van der Waals surface area contributed by atoms with Gasteiger partial charge in [0.2, 0.25) is 21.8 Å². The third-order valence-electron chi connectivity index (χ3n) is 5.37. The van der Waals surface area contributed by atoms with Crippen LogP contribution < -0.4 is 15.4 Å². The summed E-state index contributed by atoms with van der Waals surface area (Å²) in [5.74, 6) is -3.08. The minimum Gasteiger partial charge on any atom is -0.326 e. The van der Waals surface area contributed by atoms with Crippen molar-refractivity contribution < 1.29 is 26.8 Å². The highest BCUT2D eigenvalue weighted by Crippen LogP contribution is 2.26. The Morgan fingerprint density at radius 3 is 2.47 bits per heavy atom. The molecule has 1 aliphatic rings. The molecular formula is C24H21F2N3O4S. The van der Waals surface area contributed by atoms with Gasteiger partial charge in [0.1, 0.15) is 6.04 Å². The average Bonchev–Trinajstić information content (AvgIpc) is 2.81. The van der Waals surface area contributed by atoms with E-state index in [0.717, 1.165) is 12.1 Å². The molecule has 3 aromatic rings. The minimum atomic E-state index is -4.14. The Hall–Kier alpha value is -3.63. The number of carbonyl (C=O) groups is 2. The van der Waals surface area contributed by atoms with E-state index in [0.29, 0.717) is 23.2 Å². The summed E-state index contributed by atoms with van der Waals surface area (Å²) < 4.78 is 55.5. The van der Waals surface area contributed by atoms with Crippen LogP contribution in [0.3, 0.4) is 0 Å². The summed E-state index contributed by atoms with van der Waals surface area (Å²) in [5, 5.41) is 5.13. The molecule has 2 amide bonds. The molecule has 34 heavy (non-hydrogen) atoms. The molecule has 0 fully saturated rings. The summed E-state index contributed by atoms with van der Waals surface area (Å²) in [6.45, 7) is 0. The van der Waals surface area contributed by atoms with Crippen LogP contribution in [-0.2, 0) is 32.5 Å². The molecule has 1 aliphatic heterocycles. The van der Waals surface area contributed by atoms with Gasteiger partial charge in [0.05, 0.1) is 4.90 Å². The zero-order valence-corrected chi connectivity index (χ0v) is 18.7. The standard InChI is InChI=1S/C24H21F2N3O4S/c25-19-9-7-17(14-20(19)26)27-24(31)22(12-15-4-2-1-3-5-15)29-34(32,33)18-8-10-21-16(13-18)6-11-23(30)28-21/h1-5,7-10,13-14,22,29H,6,11-12H2,(H,27,31)(H,28,30)/t22-/m1/s1. The fourth-order valence-corrected chi connectivity index (χ4v) is 4.87. The Balaban J connectivity index is 1.60. The molecule has 7 nitrogen and oxygen atoms in total. The first-order valence-electron chi connectivity index (χ1n) is 10.5. The highest BCUT2D eigenvalue weighted by atomic mass is 32.2. The van der Waals surface area contributed by atoms with Crippen molar-refractivity contribution in [2.75, 3.05) is 10.6 Å². The lowest BCUT2D eigenvalue weighted by Crippen LogP contribution is -2.45. The van der Waals surface area contributed by atoms with E-state index in [4.69, 9.17) is 0 Å². The SMILES string of the molecule is O=C1CCc2cc(S(=O)(=O)N[C@H](Cc3ccccc3)C(=O)Nc3ccc(F)c(F)c3)ccc2N1. The molecule has 10 heteroatoms. The Morgan fingerprint density at radius 1 is 0.971 bits per heavy atom. The van der Waals surface area contributed by atoms with Crippen LogP contribution in [-0.4, -0.2) is 26.3 Å². The Bertz CT molecular complexity index is 1350. The average molecular weight is 486 g/mol. The highest BCUT2D eigenvalue weighted by Gasteiger charge is 2.27. The van der Waals surface area contributed by atoms with Crippen molar-refractivity contribution in [1.82, 2.24) is 4.72 Å². The van der Waals surface area contributed by atoms with Crippen molar-refractivity contribution in [3.8, 4) is 0 Å². The molecule has 4 rings (SSSR count). The zero-order valence-electron chi connectivity index (χ0n) is 17.8. The number of benzene rings is 3. The van der Waals surface area contributed by atoms with Crippen LogP contribution in [0.5, 0.6) is 0 Å². The predicted molar refractivity (Wildman–Crippen MR) is 123 cm³/mol. The molecule has 1 atom stereocenters. The number of halogens is 2. The molecule has 176 valence electrons. The van der Waals surface area contributed by atoms with E-state index >= 15 is 0 Å². The zero-order chi connectivity index (χ0) is 24.3. The second kappa shape index (κ2) is 9.70. The fraction of sp³-hybridized carbons (Fsp3) is 0.167. The summed E-state index contributed by atoms with van der Waals surface area (Å²) in [6, 6.07) is 14.7. The molecule has 0 aromatic heterocycles. The summed E-state index contributed by atoms with van der Waals surface area (Å²) in [4.78, 5) is 24.5. The number of hydrogen-bond acceptors (Lipinski definition) is 4. The van der Waals surface area contributed by atoms with E-state index in [1.807, 2.05) is 0 Å². The van der Waals surface area contributed by atoms with Gasteiger partial charge in [-0.1, -0.05) is 30.3 Å². The van der Waals surface area contributed by atoms with E-state index in [1.54, 1.807) is 30.3 Å². The number of hydrogen-bond donors (Lipinski definition) is 3. The van der Waals surface area contributed by atoms with Gasteiger partial charge in [0.25, 0.3) is 0 Å². The Kier molecular flexibility index (Phi) is 6.71. The number of rotatable bonds is 7. The van der Waals surface area contributed by atoms with E-state index in [2.05, 4.69) is 15.4 Å². The Labute approximate surface area is 195 Å². The van der Waals surface area contributed by atoms with Crippen LogP contribution >= 0.6 is 0 Å². The van der Waals surface area contributed by atoms with Gasteiger partial charge < -0.3 is 10.6 Å². The van der Waals surface area contributed by atoms with Gasteiger partial charge in [0.15, 0.2) is 11.6 Å². The maximum atomic E-state index is 13.6. The second-order valence-corrected chi connectivity index (χ2v) is 9.56. The van der Waals surface area contributed by atoms with E-state index in [1.165, 1.54) is 24.3 Å². The number of anilines is 2. The largest absolute Gasteiger partial charge is 0.326 e. The maximum Gasteiger partial charge on any atom is 0.242 e. The third-order valence-corrected chi connectivity index (χ3v) is 6.84. The summed E-state index contributed by atoms with van der Waals surface area (Å²) in [7, 11) is -4.14. The normalized spacial score (nSPS) is 14.1. The lowest BCUT2D eigenvalue weighted by atomic mass is 10.0. The minimum absolute atomic E-state index is 0.00863. The lowest BCUT2D eigenvalue weighted by molar-refractivity contribution is -0.118. The van der Waals surface area contributed by atoms with Gasteiger partial charge in [-0.15, -0.1) is 0 Å². The quantitative estimate of drug-likeness (QED) is 0.477. The predicted octanol–water partition coefficient (Wildman–Crippen LogP) is 3.38. The molecule has 0 aliphatic carbocycles. The number of nitrogens with one attached hydrogen (secondary N) is 3. The van der Waals surface area contributed by atoms with E-state index in [-0.39, 0.29) is 29.3 Å². The maximum absolute atomic E-state index is 13.6. The molecule has 0 saturated carbocycles. The topological polar surface area (TPSA) is 104 Å². The first-order valence-corrected chi connectivity index (χ1v) is 11.9. The van der Waals surface area contributed by atoms with Gasteiger partial charge in [0, 0.05) is 23.9 Å². The van der Waals surface area contributed by atoms with E-state index < -0.39 is 33.6 Å². The van der Waals surface area contributed by atoms with Crippen molar-refractivity contribution in [3.63, 3.8) is 0 Å². The van der Waals surface area contributed by atoms with Gasteiger partial charge >= 0.3 is 0 Å². The molecule has 0 spiro atoms. The number of carbonyl (C=O) groups excluding carboxylic acids is 2. The highest BCUT2D eigenvalue weighted by molar-refractivity contribution is 7.89. The molecule has 0 saturated heterocycles. The van der Waals surface area contributed by atoms with Crippen LogP contribution in [0, 0.1) is 11.6 Å². The number of fused-ring (bicyclic) bond motifs is 1. The van der Waals surface area contributed by atoms with Crippen molar-refractivity contribution in [2.45, 2.75) is 30.2 Å². The summed E-state index contributed by atoms with van der Waals surface area (Å²) in [6.07, 6.45) is 0.669. The van der Waals surface area contributed by atoms with Gasteiger partial charge in [-0.05, 0) is 54.3 Å². The van der Waals surface area contributed by atoms with Gasteiger partial charge in [-0.3, -0.25) is 9.59 Å². The van der Waals surface area contributed by atoms with E-state index in [9.17, 15) is 26.8 Å². The lowest BCUT2D eigenvalue weighted by Gasteiger charge is -2.21. The van der Waals surface area contributed by atoms with Gasteiger partial charge in [-0.2, -0.15) is 4.72 Å². The van der Waals surface area contributed by atoms with Crippen LogP contribution in [0.1, 0.15) is 17.5 Å². The second-order valence-electron chi connectivity index (χ2n) is 7.85. The van der Waals surface area contributed by atoms with Crippen LogP contribution in [0.25, 0.3) is 0 Å². The first-order chi connectivity index (χ1) is 16.2. The molecular weight excluding hydrogens is 464 g/mol. The van der Waals surface area contributed by atoms with Gasteiger partial charge in [-0.25, -0.2) is 17.2 Å². The van der Waals surface area contributed by atoms with Crippen LogP contribution in [0.4, 0.5) is 20.2 Å². The molecule has 0 unspecified atom stereocenters. The number of amides is 2. The fourth-order valence-electron chi connectivity index (χ4n) is 3.62. The van der Waals surface area contributed by atoms with Crippen molar-refractivity contribution in [2.24, 2.45) is 0 Å².